The van der Waals surface area contributed by atoms with Gasteiger partial charge in [0.25, 0.3) is 5.92 Å². The number of thiophene rings is 1. The molecule has 1 saturated carbocycles. The van der Waals surface area contributed by atoms with Gasteiger partial charge in [-0.25, -0.2) is 8.78 Å². The molecule has 0 spiro atoms. The second-order valence-corrected chi connectivity index (χ2v) is 8.85. The summed E-state index contributed by atoms with van der Waals surface area (Å²) in [6.45, 7) is 0. The van der Waals surface area contributed by atoms with Crippen LogP contribution in [0, 0.1) is 11.8 Å². The SMILES string of the molecule is O=C(O)CCCC=CC[C@@H]1[C@@H](C=CC(O)c2cc3ccccc3s2)C(F)(F)C[C@@H]1O. The van der Waals surface area contributed by atoms with Crippen LogP contribution in [-0.4, -0.2) is 33.3 Å². The smallest absolute Gasteiger partial charge is 0.303 e. The van der Waals surface area contributed by atoms with E-state index in [9.17, 15) is 23.8 Å². The van der Waals surface area contributed by atoms with E-state index in [1.807, 2.05) is 30.3 Å². The summed E-state index contributed by atoms with van der Waals surface area (Å²) in [5.74, 6) is -5.73. The standard InChI is InChI=1S/C23H26F2O4S/c24-23(25)14-19(27)16(8-3-1-2-4-10-22(28)29)17(23)11-12-18(26)21-13-15-7-5-6-9-20(15)30-21/h1,3,5-7,9,11-13,16-19,26-27H,2,4,8,10,14H2,(H,28,29)/t16-,17-,18?,19+/m1/s1. The summed E-state index contributed by atoms with van der Waals surface area (Å²) in [4.78, 5) is 11.2. The van der Waals surface area contributed by atoms with Gasteiger partial charge in [0.2, 0.25) is 0 Å². The van der Waals surface area contributed by atoms with Gasteiger partial charge in [-0.1, -0.05) is 42.5 Å². The highest BCUT2D eigenvalue weighted by Crippen LogP contribution is 2.47. The molecule has 0 saturated heterocycles. The molecule has 1 aliphatic carbocycles. The number of halogens is 2. The molecule has 1 heterocycles. The van der Waals surface area contributed by atoms with Crippen molar-refractivity contribution in [1.29, 1.82) is 0 Å². The molecule has 0 amide bonds. The molecule has 1 fully saturated rings. The third kappa shape index (κ3) is 5.53. The molecule has 3 N–H and O–H groups in total. The largest absolute Gasteiger partial charge is 0.481 e. The fourth-order valence-corrected chi connectivity index (χ4v) is 4.95. The van der Waals surface area contributed by atoms with E-state index < -0.39 is 42.4 Å². The molecule has 0 bridgehead atoms. The number of hydrogen-bond acceptors (Lipinski definition) is 4. The summed E-state index contributed by atoms with van der Waals surface area (Å²) in [6, 6.07) is 9.55. The Hall–Kier alpha value is -2.09. The van der Waals surface area contributed by atoms with Crippen molar-refractivity contribution in [3.63, 3.8) is 0 Å². The average Bonchev–Trinajstić information content (AvgIpc) is 3.20. The monoisotopic (exact) mass is 436 g/mol. The molecule has 2 aromatic rings. The Kier molecular flexibility index (Phi) is 7.39. The molecule has 3 rings (SSSR count). The predicted molar refractivity (Wildman–Crippen MR) is 114 cm³/mol. The van der Waals surface area contributed by atoms with E-state index in [4.69, 9.17) is 5.11 Å². The minimum atomic E-state index is -3.04. The second kappa shape index (κ2) is 9.81. The first-order chi connectivity index (χ1) is 14.3. The lowest BCUT2D eigenvalue weighted by Gasteiger charge is -2.21. The molecule has 7 heteroatoms. The first-order valence-corrected chi connectivity index (χ1v) is 10.9. The number of carboxylic acids is 1. The summed E-state index contributed by atoms with van der Waals surface area (Å²) >= 11 is 1.42. The number of allylic oxidation sites excluding steroid dienone is 3. The van der Waals surface area contributed by atoms with Gasteiger partial charge in [0, 0.05) is 34.3 Å². The summed E-state index contributed by atoms with van der Waals surface area (Å²) in [7, 11) is 0. The van der Waals surface area contributed by atoms with Crippen molar-refractivity contribution in [2.24, 2.45) is 11.8 Å². The van der Waals surface area contributed by atoms with Gasteiger partial charge in [-0.2, -0.15) is 0 Å². The van der Waals surface area contributed by atoms with Crippen molar-refractivity contribution in [3.05, 3.63) is 59.5 Å². The Labute approximate surface area is 178 Å². The first-order valence-electron chi connectivity index (χ1n) is 10.1. The van der Waals surface area contributed by atoms with Gasteiger partial charge >= 0.3 is 5.97 Å². The molecule has 1 aromatic carbocycles. The highest BCUT2D eigenvalue weighted by molar-refractivity contribution is 7.19. The number of fused-ring (bicyclic) bond motifs is 1. The highest BCUT2D eigenvalue weighted by atomic mass is 32.1. The minimum absolute atomic E-state index is 0.0649. The van der Waals surface area contributed by atoms with Crippen molar-refractivity contribution in [2.75, 3.05) is 0 Å². The maximum Gasteiger partial charge on any atom is 0.303 e. The minimum Gasteiger partial charge on any atom is -0.481 e. The quantitative estimate of drug-likeness (QED) is 0.367. The maximum absolute atomic E-state index is 14.5. The summed E-state index contributed by atoms with van der Waals surface area (Å²) in [6.07, 6.45) is 4.92. The number of unbranched alkanes of at least 4 members (excludes halogenated alkanes) is 1. The van der Waals surface area contributed by atoms with Gasteiger partial charge in [0.05, 0.1) is 6.10 Å². The van der Waals surface area contributed by atoms with Gasteiger partial charge in [0.15, 0.2) is 0 Å². The highest BCUT2D eigenvalue weighted by Gasteiger charge is 2.53. The Bertz CT molecular complexity index is 888. The molecular weight excluding hydrogens is 410 g/mol. The molecule has 4 atom stereocenters. The van der Waals surface area contributed by atoms with Crippen LogP contribution in [0.2, 0.25) is 0 Å². The van der Waals surface area contributed by atoms with E-state index >= 15 is 0 Å². The van der Waals surface area contributed by atoms with Crippen LogP contribution in [0.4, 0.5) is 8.78 Å². The van der Waals surface area contributed by atoms with Gasteiger partial charge in [-0.15, -0.1) is 11.3 Å². The van der Waals surface area contributed by atoms with Crippen molar-refractivity contribution < 1.29 is 28.9 Å². The lowest BCUT2D eigenvalue weighted by molar-refractivity contribution is -0.137. The normalized spacial score (nSPS) is 24.9. The Morgan fingerprint density at radius 3 is 2.80 bits per heavy atom. The van der Waals surface area contributed by atoms with Gasteiger partial charge in [0.1, 0.15) is 6.10 Å². The van der Waals surface area contributed by atoms with Crippen LogP contribution in [0.1, 0.15) is 43.1 Å². The lowest BCUT2D eigenvalue weighted by Crippen LogP contribution is -2.24. The van der Waals surface area contributed by atoms with Crippen molar-refractivity contribution in [2.45, 2.75) is 50.2 Å². The van der Waals surface area contributed by atoms with E-state index in [0.717, 1.165) is 10.1 Å². The van der Waals surface area contributed by atoms with E-state index in [0.29, 0.717) is 17.7 Å². The van der Waals surface area contributed by atoms with Crippen molar-refractivity contribution >= 4 is 27.4 Å². The zero-order valence-electron chi connectivity index (χ0n) is 16.5. The van der Waals surface area contributed by atoms with Gasteiger partial charge in [-0.05, 0) is 36.8 Å². The second-order valence-electron chi connectivity index (χ2n) is 7.73. The fourth-order valence-electron chi connectivity index (χ4n) is 3.92. The Morgan fingerprint density at radius 1 is 1.30 bits per heavy atom. The van der Waals surface area contributed by atoms with Crippen molar-refractivity contribution in [3.8, 4) is 0 Å². The Morgan fingerprint density at radius 2 is 2.07 bits per heavy atom. The average molecular weight is 437 g/mol. The number of carboxylic acid groups (broad SMARTS) is 1. The molecule has 30 heavy (non-hydrogen) atoms. The molecule has 4 nitrogen and oxygen atoms in total. The number of hydrogen-bond donors (Lipinski definition) is 3. The van der Waals surface area contributed by atoms with Crippen LogP contribution in [0.5, 0.6) is 0 Å². The molecular formula is C23H26F2O4S. The van der Waals surface area contributed by atoms with Crippen LogP contribution in [0.15, 0.2) is 54.6 Å². The first kappa shape index (κ1) is 22.6. The molecule has 1 aliphatic rings. The molecule has 0 radical (unpaired) electrons. The number of aliphatic hydroxyl groups is 2. The fraction of sp³-hybridized carbons (Fsp3) is 0.435. The number of rotatable bonds is 9. The van der Waals surface area contributed by atoms with Crippen LogP contribution in [-0.2, 0) is 4.79 Å². The van der Waals surface area contributed by atoms with Crippen LogP contribution >= 0.6 is 11.3 Å². The van der Waals surface area contributed by atoms with E-state index in [2.05, 4.69) is 0 Å². The Balaban J connectivity index is 1.65. The third-order valence-electron chi connectivity index (χ3n) is 5.50. The molecule has 0 aliphatic heterocycles. The number of alkyl halides is 2. The van der Waals surface area contributed by atoms with Crippen LogP contribution < -0.4 is 0 Å². The zero-order chi connectivity index (χ0) is 21.7. The summed E-state index contributed by atoms with van der Waals surface area (Å²) in [5.41, 5.74) is 0. The van der Waals surface area contributed by atoms with E-state index in [1.54, 1.807) is 12.2 Å². The molecule has 1 unspecified atom stereocenters. The van der Waals surface area contributed by atoms with Gasteiger partial charge < -0.3 is 15.3 Å². The predicted octanol–water partition coefficient (Wildman–Crippen LogP) is 5.32. The number of aliphatic hydroxyl groups excluding tert-OH is 2. The zero-order valence-corrected chi connectivity index (χ0v) is 17.3. The lowest BCUT2D eigenvalue weighted by atomic mass is 9.89. The number of benzene rings is 1. The van der Waals surface area contributed by atoms with Crippen LogP contribution in [0.25, 0.3) is 10.1 Å². The van der Waals surface area contributed by atoms with E-state index in [1.165, 1.54) is 23.5 Å². The third-order valence-corrected chi connectivity index (χ3v) is 6.68. The van der Waals surface area contributed by atoms with Gasteiger partial charge in [-0.3, -0.25) is 4.79 Å². The summed E-state index contributed by atoms with van der Waals surface area (Å²) in [5, 5.41) is 30.3. The molecule has 162 valence electrons. The maximum atomic E-state index is 14.5. The number of aliphatic carboxylic acids is 1. The molecule has 1 aromatic heterocycles. The number of carbonyl (C=O) groups is 1. The van der Waals surface area contributed by atoms with Crippen molar-refractivity contribution in [1.82, 2.24) is 0 Å². The van der Waals surface area contributed by atoms with E-state index in [-0.39, 0.29) is 12.8 Å². The topological polar surface area (TPSA) is 77.8 Å². The summed E-state index contributed by atoms with van der Waals surface area (Å²) < 4.78 is 30.0. The van der Waals surface area contributed by atoms with Crippen LogP contribution in [0.3, 0.4) is 0 Å².